The highest BCUT2D eigenvalue weighted by Gasteiger charge is 2.03. The van der Waals surface area contributed by atoms with Crippen molar-refractivity contribution in [3.05, 3.63) is 28.5 Å². The lowest BCUT2D eigenvalue weighted by Crippen LogP contribution is -1.94. The van der Waals surface area contributed by atoms with E-state index in [1.54, 1.807) is 6.20 Å². The molecule has 0 aliphatic heterocycles. The molecule has 1 rings (SSSR count). The predicted molar refractivity (Wildman–Crippen MR) is 44.5 cm³/mol. The van der Waals surface area contributed by atoms with Gasteiger partial charge < -0.3 is 5.11 Å². The van der Waals surface area contributed by atoms with E-state index in [0.29, 0.717) is 5.15 Å². The van der Waals surface area contributed by atoms with Crippen LogP contribution in [0.3, 0.4) is 0 Å². The number of aliphatic hydroxyl groups is 1. The molecule has 1 heterocycles. The molecule has 0 saturated heterocycles. The molecular formula is C8H10ClNO. The molecule has 0 bridgehead atoms. The lowest BCUT2D eigenvalue weighted by atomic mass is 10.1. The Hall–Kier alpha value is -0.600. The van der Waals surface area contributed by atoms with Crippen molar-refractivity contribution in [1.82, 2.24) is 4.98 Å². The normalized spacial score (nSPS) is 10.1. The molecule has 0 aliphatic rings. The molecule has 1 N–H and O–H groups in total. The molecular weight excluding hydrogens is 162 g/mol. The van der Waals surface area contributed by atoms with E-state index in [1.165, 1.54) is 0 Å². The van der Waals surface area contributed by atoms with Crippen LogP contribution in [0.25, 0.3) is 0 Å². The summed E-state index contributed by atoms with van der Waals surface area (Å²) in [6.07, 6.45) is 2.53. The number of hydrogen-bond acceptors (Lipinski definition) is 2. The molecule has 3 heteroatoms. The summed E-state index contributed by atoms with van der Waals surface area (Å²) >= 11 is 5.74. The van der Waals surface area contributed by atoms with Gasteiger partial charge in [-0.05, 0) is 18.1 Å². The second-order valence-electron chi connectivity index (χ2n) is 2.25. The first-order valence-corrected chi connectivity index (χ1v) is 3.90. The number of pyridine rings is 1. The number of rotatable bonds is 2. The van der Waals surface area contributed by atoms with Gasteiger partial charge in [0.05, 0.1) is 6.61 Å². The van der Waals surface area contributed by atoms with Crippen LogP contribution >= 0.6 is 11.6 Å². The van der Waals surface area contributed by atoms with Gasteiger partial charge >= 0.3 is 0 Å². The number of nitrogens with zero attached hydrogens (tertiary/aromatic N) is 1. The highest BCUT2D eigenvalue weighted by molar-refractivity contribution is 6.30. The fraction of sp³-hybridized carbons (Fsp3) is 0.375. The van der Waals surface area contributed by atoms with Gasteiger partial charge in [0.15, 0.2) is 0 Å². The van der Waals surface area contributed by atoms with E-state index in [0.717, 1.165) is 17.5 Å². The molecule has 0 radical (unpaired) electrons. The summed E-state index contributed by atoms with van der Waals surface area (Å²) in [6.45, 7) is 1.99. The van der Waals surface area contributed by atoms with E-state index >= 15 is 0 Å². The first kappa shape index (κ1) is 8.50. The van der Waals surface area contributed by atoms with Crippen LogP contribution in [0.15, 0.2) is 12.3 Å². The molecule has 0 unspecified atom stereocenters. The number of aryl methyl sites for hydroxylation is 1. The van der Waals surface area contributed by atoms with Crippen LogP contribution in [0.1, 0.15) is 18.1 Å². The quantitative estimate of drug-likeness (QED) is 0.689. The molecule has 0 atom stereocenters. The first-order valence-electron chi connectivity index (χ1n) is 3.52. The molecule has 0 amide bonds. The van der Waals surface area contributed by atoms with Crippen molar-refractivity contribution < 1.29 is 5.11 Å². The fourth-order valence-corrected chi connectivity index (χ4v) is 1.24. The van der Waals surface area contributed by atoms with Crippen molar-refractivity contribution >= 4 is 11.6 Å². The highest BCUT2D eigenvalue weighted by Crippen LogP contribution is 2.17. The molecule has 1 aromatic heterocycles. The van der Waals surface area contributed by atoms with Gasteiger partial charge in [-0.3, -0.25) is 0 Å². The van der Waals surface area contributed by atoms with Gasteiger partial charge in [0.25, 0.3) is 0 Å². The van der Waals surface area contributed by atoms with Gasteiger partial charge in [0.1, 0.15) is 5.15 Å². The highest BCUT2D eigenvalue weighted by atomic mass is 35.5. The van der Waals surface area contributed by atoms with Crippen LogP contribution in [0.4, 0.5) is 0 Å². The van der Waals surface area contributed by atoms with E-state index in [1.807, 2.05) is 13.0 Å². The molecule has 0 saturated carbocycles. The topological polar surface area (TPSA) is 33.1 Å². The Morgan fingerprint density at radius 1 is 1.64 bits per heavy atom. The van der Waals surface area contributed by atoms with Crippen LogP contribution in [0, 0.1) is 0 Å². The third-order valence-corrected chi connectivity index (χ3v) is 1.96. The minimum Gasteiger partial charge on any atom is -0.392 e. The average Bonchev–Trinajstić information content (AvgIpc) is 2.04. The Labute approximate surface area is 70.8 Å². The predicted octanol–water partition coefficient (Wildman–Crippen LogP) is 1.79. The van der Waals surface area contributed by atoms with E-state index in [2.05, 4.69) is 4.98 Å². The number of aliphatic hydroxyl groups excluding tert-OH is 1. The van der Waals surface area contributed by atoms with Crippen molar-refractivity contribution in [2.75, 3.05) is 0 Å². The summed E-state index contributed by atoms with van der Waals surface area (Å²) in [7, 11) is 0. The summed E-state index contributed by atoms with van der Waals surface area (Å²) in [5.41, 5.74) is 1.81. The van der Waals surface area contributed by atoms with Crippen LogP contribution in [0.2, 0.25) is 5.15 Å². The standard InChI is InChI=1S/C8H10ClNO/c1-2-6-3-4-10-8(9)7(6)5-11/h3-4,11H,2,5H2,1H3. The Balaban J connectivity index is 3.13. The molecule has 1 aromatic rings. The summed E-state index contributed by atoms with van der Waals surface area (Å²) in [5, 5.41) is 9.32. The Bertz CT molecular complexity index is 250. The minimum absolute atomic E-state index is 0.0319. The van der Waals surface area contributed by atoms with Crippen LogP contribution in [-0.2, 0) is 13.0 Å². The maximum absolute atomic E-state index is 8.91. The first-order chi connectivity index (χ1) is 5.29. The van der Waals surface area contributed by atoms with Crippen LogP contribution < -0.4 is 0 Å². The van der Waals surface area contributed by atoms with Crippen molar-refractivity contribution in [3.8, 4) is 0 Å². The molecule has 0 aliphatic carbocycles. The zero-order valence-electron chi connectivity index (χ0n) is 6.34. The molecule has 2 nitrogen and oxygen atoms in total. The molecule has 11 heavy (non-hydrogen) atoms. The van der Waals surface area contributed by atoms with Gasteiger partial charge in [0.2, 0.25) is 0 Å². The fourth-order valence-electron chi connectivity index (χ4n) is 1.00. The van der Waals surface area contributed by atoms with Crippen molar-refractivity contribution in [2.45, 2.75) is 20.0 Å². The maximum Gasteiger partial charge on any atom is 0.134 e. The van der Waals surface area contributed by atoms with Crippen LogP contribution in [-0.4, -0.2) is 10.1 Å². The average molecular weight is 172 g/mol. The van der Waals surface area contributed by atoms with Gasteiger partial charge in [-0.25, -0.2) is 4.98 Å². The van der Waals surface area contributed by atoms with E-state index in [9.17, 15) is 0 Å². The maximum atomic E-state index is 8.91. The van der Waals surface area contributed by atoms with Gasteiger partial charge in [0, 0.05) is 11.8 Å². The molecule has 0 aromatic carbocycles. The third kappa shape index (κ3) is 1.70. The molecule has 0 fully saturated rings. The largest absolute Gasteiger partial charge is 0.392 e. The van der Waals surface area contributed by atoms with E-state index in [4.69, 9.17) is 16.7 Å². The zero-order chi connectivity index (χ0) is 8.27. The second kappa shape index (κ2) is 3.69. The van der Waals surface area contributed by atoms with Gasteiger partial charge in [-0.2, -0.15) is 0 Å². The lowest BCUT2D eigenvalue weighted by Gasteiger charge is -2.04. The van der Waals surface area contributed by atoms with E-state index < -0.39 is 0 Å². The Kier molecular flexibility index (Phi) is 2.85. The van der Waals surface area contributed by atoms with Gasteiger partial charge in [-0.1, -0.05) is 18.5 Å². The van der Waals surface area contributed by atoms with Crippen molar-refractivity contribution in [2.24, 2.45) is 0 Å². The summed E-state index contributed by atoms with van der Waals surface area (Å²) in [5.74, 6) is 0. The minimum atomic E-state index is -0.0319. The van der Waals surface area contributed by atoms with Crippen molar-refractivity contribution in [3.63, 3.8) is 0 Å². The SMILES string of the molecule is CCc1ccnc(Cl)c1CO. The van der Waals surface area contributed by atoms with E-state index in [-0.39, 0.29) is 6.61 Å². The third-order valence-electron chi connectivity index (χ3n) is 1.64. The van der Waals surface area contributed by atoms with Crippen molar-refractivity contribution in [1.29, 1.82) is 0 Å². The summed E-state index contributed by atoms with van der Waals surface area (Å²) in [4.78, 5) is 3.86. The Morgan fingerprint density at radius 3 is 2.82 bits per heavy atom. The summed E-state index contributed by atoms with van der Waals surface area (Å²) in [6, 6.07) is 1.87. The smallest absolute Gasteiger partial charge is 0.134 e. The van der Waals surface area contributed by atoms with Crippen LogP contribution in [0.5, 0.6) is 0 Å². The number of halogens is 1. The second-order valence-corrected chi connectivity index (χ2v) is 2.61. The summed E-state index contributed by atoms with van der Waals surface area (Å²) < 4.78 is 0. The number of hydrogen-bond donors (Lipinski definition) is 1. The molecule has 0 spiro atoms. The Morgan fingerprint density at radius 2 is 2.36 bits per heavy atom. The zero-order valence-corrected chi connectivity index (χ0v) is 7.10. The number of aromatic nitrogens is 1. The molecule has 60 valence electrons. The lowest BCUT2D eigenvalue weighted by molar-refractivity contribution is 0.280. The monoisotopic (exact) mass is 171 g/mol. The van der Waals surface area contributed by atoms with Gasteiger partial charge in [-0.15, -0.1) is 0 Å².